The normalized spacial score (nSPS) is 22.4. The molecule has 192 valence electrons. The Kier molecular flexibility index (Phi) is 8.51. The smallest absolute Gasteiger partial charge is 0.338 e. The van der Waals surface area contributed by atoms with Crippen LogP contribution in [0.3, 0.4) is 0 Å². The fourth-order valence-corrected chi connectivity index (χ4v) is 5.42. The zero-order chi connectivity index (χ0) is 24.8. The zero-order valence-corrected chi connectivity index (χ0v) is 21.1. The summed E-state index contributed by atoms with van der Waals surface area (Å²) in [6.45, 7) is 6.82. The quantitative estimate of drug-likeness (QED) is 0.546. The first-order valence-corrected chi connectivity index (χ1v) is 12.7. The maximum Gasteiger partial charge on any atom is 0.338 e. The van der Waals surface area contributed by atoms with Crippen molar-refractivity contribution in [3.05, 3.63) is 35.0 Å². The van der Waals surface area contributed by atoms with Gasteiger partial charge in [-0.25, -0.2) is 9.59 Å². The Morgan fingerprint density at radius 2 is 1.74 bits per heavy atom. The molecule has 1 aromatic carbocycles. The van der Waals surface area contributed by atoms with Crippen LogP contribution in [-0.2, 0) is 9.53 Å². The minimum atomic E-state index is -0.650. The van der Waals surface area contributed by atoms with Crippen LogP contribution in [0.4, 0.5) is 4.79 Å². The number of amides is 2. The summed E-state index contributed by atoms with van der Waals surface area (Å²) in [6.07, 6.45) is 6.15. The van der Waals surface area contributed by atoms with Crippen molar-refractivity contribution < 1.29 is 23.8 Å². The SMILES string of the molecule is CCOC(=O)C1=C(CN2CCC(N3CCCCC3)CC2)NC(=O)NC1c1ccc(OC)c(OC)c1. The highest BCUT2D eigenvalue weighted by molar-refractivity contribution is 5.95. The van der Waals surface area contributed by atoms with Crippen LogP contribution in [0.15, 0.2) is 29.5 Å². The molecule has 1 aromatic rings. The molecule has 35 heavy (non-hydrogen) atoms. The van der Waals surface area contributed by atoms with Crippen molar-refractivity contribution in [2.75, 3.05) is 53.6 Å². The molecule has 0 bridgehead atoms. The lowest BCUT2D eigenvalue weighted by molar-refractivity contribution is -0.139. The Balaban J connectivity index is 1.56. The first-order chi connectivity index (χ1) is 17.0. The number of carbonyl (C=O) groups excluding carboxylic acids is 2. The first-order valence-electron chi connectivity index (χ1n) is 12.7. The number of methoxy groups -OCH3 is 2. The molecule has 0 spiro atoms. The van der Waals surface area contributed by atoms with E-state index in [1.807, 2.05) is 6.07 Å². The number of likely N-dealkylation sites (tertiary alicyclic amines) is 2. The van der Waals surface area contributed by atoms with Gasteiger partial charge in [0.1, 0.15) is 0 Å². The second kappa shape index (κ2) is 11.8. The summed E-state index contributed by atoms with van der Waals surface area (Å²) in [5, 5.41) is 5.80. The molecule has 2 fully saturated rings. The summed E-state index contributed by atoms with van der Waals surface area (Å²) in [5.41, 5.74) is 1.75. The van der Waals surface area contributed by atoms with Gasteiger partial charge in [-0.1, -0.05) is 12.5 Å². The summed E-state index contributed by atoms with van der Waals surface area (Å²) in [4.78, 5) is 30.8. The molecule has 9 nitrogen and oxygen atoms in total. The van der Waals surface area contributed by atoms with E-state index in [-0.39, 0.29) is 12.6 Å². The summed E-state index contributed by atoms with van der Waals surface area (Å²) < 4.78 is 16.2. The second-order valence-electron chi connectivity index (χ2n) is 9.36. The molecule has 3 heterocycles. The van der Waals surface area contributed by atoms with Gasteiger partial charge < -0.3 is 29.7 Å². The van der Waals surface area contributed by atoms with Crippen molar-refractivity contribution in [1.29, 1.82) is 0 Å². The molecule has 2 amide bonds. The van der Waals surface area contributed by atoms with Crippen molar-refractivity contribution in [3.8, 4) is 11.5 Å². The molecule has 3 aliphatic rings. The van der Waals surface area contributed by atoms with Crippen LogP contribution in [0.1, 0.15) is 50.6 Å². The summed E-state index contributed by atoms with van der Waals surface area (Å²) in [5.74, 6) is 0.676. The van der Waals surface area contributed by atoms with E-state index in [0.717, 1.165) is 31.5 Å². The number of hydrogen-bond donors (Lipinski definition) is 2. The van der Waals surface area contributed by atoms with Gasteiger partial charge in [-0.15, -0.1) is 0 Å². The maximum absolute atomic E-state index is 13.1. The molecule has 1 atom stereocenters. The van der Waals surface area contributed by atoms with Gasteiger partial charge in [0.05, 0.1) is 32.4 Å². The average molecular weight is 487 g/mol. The molecule has 9 heteroatoms. The molecule has 0 aliphatic carbocycles. The van der Waals surface area contributed by atoms with Gasteiger partial charge in [0.25, 0.3) is 0 Å². The van der Waals surface area contributed by atoms with Crippen molar-refractivity contribution in [2.24, 2.45) is 0 Å². The van der Waals surface area contributed by atoms with Crippen LogP contribution in [-0.4, -0.2) is 81.4 Å². The van der Waals surface area contributed by atoms with Gasteiger partial charge in [0, 0.05) is 31.4 Å². The van der Waals surface area contributed by atoms with Crippen LogP contribution in [0.25, 0.3) is 0 Å². The number of rotatable bonds is 8. The number of carbonyl (C=O) groups is 2. The third-order valence-electron chi connectivity index (χ3n) is 7.24. The zero-order valence-electron chi connectivity index (χ0n) is 21.1. The maximum atomic E-state index is 13.1. The first kappa shape index (κ1) is 25.3. The van der Waals surface area contributed by atoms with Crippen LogP contribution in [0.2, 0.25) is 0 Å². The van der Waals surface area contributed by atoms with Gasteiger partial charge in [-0.2, -0.15) is 0 Å². The van der Waals surface area contributed by atoms with E-state index in [9.17, 15) is 9.59 Å². The largest absolute Gasteiger partial charge is 0.493 e. The molecule has 0 radical (unpaired) electrons. The Morgan fingerprint density at radius 3 is 2.40 bits per heavy atom. The van der Waals surface area contributed by atoms with E-state index >= 15 is 0 Å². The fraction of sp³-hybridized carbons (Fsp3) is 0.615. The van der Waals surface area contributed by atoms with E-state index in [4.69, 9.17) is 14.2 Å². The van der Waals surface area contributed by atoms with Crippen molar-refractivity contribution in [3.63, 3.8) is 0 Å². The number of nitrogens with one attached hydrogen (secondary N) is 2. The lowest BCUT2D eigenvalue weighted by Crippen LogP contribution is -2.51. The molecule has 0 saturated carbocycles. The van der Waals surface area contributed by atoms with Crippen LogP contribution < -0.4 is 20.1 Å². The molecule has 2 saturated heterocycles. The van der Waals surface area contributed by atoms with Crippen molar-refractivity contribution in [1.82, 2.24) is 20.4 Å². The van der Waals surface area contributed by atoms with Crippen molar-refractivity contribution >= 4 is 12.0 Å². The number of piperidine rings is 2. The van der Waals surface area contributed by atoms with Crippen LogP contribution in [0, 0.1) is 0 Å². The van der Waals surface area contributed by atoms with Gasteiger partial charge in [0.15, 0.2) is 11.5 Å². The molecule has 1 unspecified atom stereocenters. The number of urea groups is 1. The number of esters is 1. The van der Waals surface area contributed by atoms with Gasteiger partial charge in [-0.05, 0) is 63.4 Å². The minimum Gasteiger partial charge on any atom is -0.493 e. The fourth-order valence-electron chi connectivity index (χ4n) is 5.42. The molecular formula is C26H38N4O5. The number of benzene rings is 1. The van der Waals surface area contributed by atoms with E-state index in [0.29, 0.717) is 35.4 Å². The monoisotopic (exact) mass is 486 g/mol. The standard InChI is InChI=1S/C26H38N4O5/c1-4-35-25(31)23-20(17-29-14-10-19(11-15-29)30-12-6-5-7-13-30)27-26(32)28-24(23)18-8-9-21(33-2)22(16-18)34-3/h8-9,16,19,24H,4-7,10-15,17H2,1-3H3,(H2,27,28,32). The number of nitrogens with zero attached hydrogens (tertiary/aromatic N) is 2. The third kappa shape index (κ3) is 5.90. The molecule has 4 rings (SSSR count). The third-order valence-corrected chi connectivity index (χ3v) is 7.24. The summed E-state index contributed by atoms with van der Waals surface area (Å²) >= 11 is 0. The average Bonchev–Trinajstić information content (AvgIpc) is 2.89. The van der Waals surface area contributed by atoms with Gasteiger partial charge in [0.2, 0.25) is 0 Å². The van der Waals surface area contributed by atoms with Gasteiger partial charge in [-0.3, -0.25) is 4.90 Å². The van der Waals surface area contributed by atoms with Crippen LogP contribution >= 0.6 is 0 Å². The Labute approximate surface area is 207 Å². The number of ether oxygens (including phenoxy) is 3. The van der Waals surface area contributed by atoms with E-state index in [1.165, 1.54) is 32.4 Å². The highest BCUT2D eigenvalue weighted by Crippen LogP contribution is 2.35. The van der Waals surface area contributed by atoms with Gasteiger partial charge >= 0.3 is 12.0 Å². The molecule has 2 N–H and O–H groups in total. The number of hydrogen-bond acceptors (Lipinski definition) is 7. The Bertz CT molecular complexity index is 936. The minimum absolute atomic E-state index is 0.253. The Morgan fingerprint density at radius 1 is 1.03 bits per heavy atom. The topological polar surface area (TPSA) is 92.4 Å². The lowest BCUT2D eigenvalue weighted by atomic mass is 9.94. The predicted molar refractivity (Wildman–Crippen MR) is 132 cm³/mol. The summed E-state index contributed by atoms with van der Waals surface area (Å²) in [7, 11) is 3.13. The van der Waals surface area contributed by atoms with E-state index in [1.54, 1.807) is 33.3 Å². The molecule has 0 aromatic heterocycles. The lowest BCUT2D eigenvalue weighted by Gasteiger charge is -2.41. The molecular weight excluding hydrogens is 448 g/mol. The highest BCUT2D eigenvalue weighted by atomic mass is 16.5. The summed E-state index contributed by atoms with van der Waals surface area (Å²) in [6, 6.07) is 5.04. The molecule has 3 aliphatic heterocycles. The van der Waals surface area contributed by atoms with E-state index < -0.39 is 12.0 Å². The van der Waals surface area contributed by atoms with Crippen LogP contribution in [0.5, 0.6) is 11.5 Å². The predicted octanol–water partition coefficient (Wildman–Crippen LogP) is 2.83. The Hall–Kier alpha value is -2.78. The second-order valence-corrected chi connectivity index (χ2v) is 9.36. The highest BCUT2D eigenvalue weighted by Gasteiger charge is 2.35. The van der Waals surface area contributed by atoms with E-state index in [2.05, 4.69) is 20.4 Å². The van der Waals surface area contributed by atoms with Crippen molar-refractivity contribution in [2.45, 2.75) is 51.1 Å².